The summed E-state index contributed by atoms with van der Waals surface area (Å²) in [5.41, 5.74) is 29.2. The summed E-state index contributed by atoms with van der Waals surface area (Å²) in [5, 5.41) is 0. The Morgan fingerprint density at radius 2 is 0.708 bits per heavy atom. The fourth-order valence-electron chi connectivity index (χ4n) is 10.6. The number of unbranched alkanes of at least 4 members (excludes halogenated alkanes) is 22. The van der Waals surface area contributed by atoms with Crippen LogP contribution in [0.3, 0.4) is 0 Å². The van der Waals surface area contributed by atoms with Crippen molar-refractivity contribution in [3.8, 4) is 0 Å². The van der Waals surface area contributed by atoms with E-state index in [4.69, 9.17) is 0 Å². The molecule has 0 amide bonds. The van der Waals surface area contributed by atoms with Crippen molar-refractivity contribution in [2.75, 3.05) is 0 Å². The molecule has 366 valence electrons. The zero-order valence-corrected chi connectivity index (χ0v) is 44.5. The fraction of sp³-hybridized carbons (Fsp3) is 0.714. The Morgan fingerprint density at radius 1 is 0.354 bits per heavy atom. The van der Waals surface area contributed by atoms with Crippen molar-refractivity contribution in [1.82, 2.24) is 0 Å². The SMILES string of the molecule is CCCCCCCCCCCCCCCCCCCCC=CC1=C(c2cc(CCCC)c(CCCC)c(CCCC)c2)[N+](=[N-])C(c2cc(CCC)c(CCC)c(CCC)c2)=C1CCCC. The van der Waals surface area contributed by atoms with Gasteiger partial charge in [0.2, 0.25) is 11.4 Å². The summed E-state index contributed by atoms with van der Waals surface area (Å²) >= 11 is 0. The monoisotopic (exact) mass is 889 g/mol. The fourth-order valence-corrected chi connectivity index (χ4v) is 10.6. The van der Waals surface area contributed by atoms with Gasteiger partial charge in [0.25, 0.3) is 0 Å². The first-order valence-electron chi connectivity index (χ1n) is 28.9. The molecule has 2 heteroatoms. The third-order valence-corrected chi connectivity index (χ3v) is 14.4. The maximum Gasteiger partial charge on any atom is 0.215 e. The molecule has 0 aliphatic carbocycles. The van der Waals surface area contributed by atoms with Crippen LogP contribution in [0.1, 0.15) is 299 Å². The van der Waals surface area contributed by atoms with Gasteiger partial charge in [-0.05, 0) is 141 Å². The van der Waals surface area contributed by atoms with Gasteiger partial charge in [-0.15, -0.1) is 0 Å². The lowest BCUT2D eigenvalue weighted by Crippen LogP contribution is -2.09. The molecule has 0 aromatic heterocycles. The highest BCUT2D eigenvalue weighted by Crippen LogP contribution is 2.45. The van der Waals surface area contributed by atoms with Crippen molar-refractivity contribution in [1.29, 1.82) is 0 Å². The Labute approximate surface area is 404 Å². The van der Waals surface area contributed by atoms with Gasteiger partial charge in [0, 0.05) is 16.7 Å². The van der Waals surface area contributed by atoms with Gasteiger partial charge in [-0.1, -0.05) is 222 Å². The summed E-state index contributed by atoms with van der Waals surface area (Å²) in [6, 6.07) is 9.98. The van der Waals surface area contributed by atoms with Crippen LogP contribution in [0.4, 0.5) is 0 Å². The summed E-state index contributed by atoms with van der Waals surface area (Å²) in [6.07, 6.45) is 52.1. The lowest BCUT2D eigenvalue weighted by molar-refractivity contribution is -0.345. The largest absolute Gasteiger partial charge is 0.493 e. The van der Waals surface area contributed by atoms with Gasteiger partial charge in [-0.25, -0.2) is 4.70 Å². The first-order valence-corrected chi connectivity index (χ1v) is 28.9. The number of hydrogen-bond donors (Lipinski definition) is 0. The Hall–Kier alpha value is -2.74. The molecule has 2 aromatic rings. The van der Waals surface area contributed by atoms with Crippen LogP contribution in [0.2, 0.25) is 0 Å². The summed E-state index contributed by atoms with van der Waals surface area (Å²) in [5.74, 6) is 0. The third-order valence-electron chi connectivity index (χ3n) is 14.4. The second kappa shape index (κ2) is 35.4. The van der Waals surface area contributed by atoms with E-state index >= 15 is 0 Å². The predicted molar refractivity (Wildman–Crippen MR) is 290 cm³/mol. The maximum atomic E-state index is 12.9. The first-order chi connectivity index (χ1) is 31.9. The number of nitrogens with zero attached hydrogens (tertiary/aromatic N) is 2. The van der Waals surface area contributed by atoms with Gasteiger partial charge in [0.05, 0.1) is 5.57 Å². The van der Waals surface area contributed by atoms with Crippen LogP contribution in [-0.2, 0) is 38.5 Å². The van der Waals surface area contributed by atoms with Crippen LogP contribution in [0.15, 0.2) is 47.6 Å². The molecule has 0 unspecified atom stereocenters. The molecule has 2 nitrogen and oxygen atoms in total. The van der Waals surface area contributed by atoms with Crippen LogP contribution >= 0.6 is 0 Å². The Balaban J connectivity index is 1.89. The molecule has 0 bridgehead atoms. The van der Waals surface area contributed by atoms with Crippen molar-refractivity contribution >= 4 is 11.4 Å². The van der Waals surface area contributed by atoms with E-state index in [1.807, 2.05) is 0 Å². The molecule has 0 atom stereocenters. The molecule has 2 aromatic carbocycles. The minimum absolute atomic E-state index is 0.980. The Kier molecular flexibility index (Phi) is 30.8. The molecule has 0 saturated carbocycles. The highest BCUT2D eigenvalue weighted by molar-refractivity contribution is 5.85. The highest BCUT2D eigenvalue weighted by Gasteiger charge is 2.35. The van der Waals surface area contributed by atoms with E-state index in [0.717, 1.165) is 82.0 Å². The minimum Gasteiger partial charge on any atom is -0.493 e. The third kappa shape index (κ3) is 19.8. The second-order valence-corrected chi connectivity index (χ2v) is 20.3. The van der Waals surface area contributed by atoms with E-state index in [1.54, 1.807) is 15.8 Å². The molecule has 65 heavy (non-hydrogen) atoms. The van der Waals surface area contributed by atoms with Crippen LogP contribution < -0.4 is 0 Å². The lowest BCUT2D eigenvalue weighted by atomic mass is 9.87. The molecule has 1 heterocycles. The van der Waals surface area contributed by atoms with Gasteiger partial charge in [0.15, 0.2) is 0 Å². The number of aryl methyl sites for hydroxylation is 4. The summed E-state index contributed by atoms with van der Waals surface area (Å²) in [4.78, 5) is 0. The van der Waals surface area contributed by atoms with E-state index in [1.165, 1.54) is 211 Å². The molecule has 1 aliphatic rings. The molecule has 0 radical (unpaired) electrons. The molecule has 0 N–H and O–H groups in total. The van der Waals surface area contributed by atoms with Crippen molar-refractivity contribution in [2.24, 2.45) is 0 Å². The van der Waals surface area contributed by atoms with Gasteiger partial charge in [-0.3, -0.25) is 0 Å². The first kappa shape index (κ1) is 56.6. The van der Waals surface area contributed by atoms with Gasteiger partial charge in [0.1, 0.15) is 0 Å². The van der Waals surface area contributed by atoms with Crippen molar-refractivity contribution in [3.63, 3.8) is 0 Å². The number of allylic oxidation sites excluding steroid dienone is 4. The van der Waals surface area contributed by atoms with E-state index in [0.29, 0.717) is 0 Å². The molecule has 3 rings (SSSR count). The van der Waals surface area contributed by atoms with Gasteiger partial charge < -0.3 is 5.53 Å². The van der Waals surface area contributed by atoms with Crippen molar-refractivity contribution < 1.29 is 4.70 Å². The molecule has 0 fully saturated rings. The Bertz CT molecular complexity index is 1640. The second-order valence-electron chi connectivity index (χ2n) is 20.3. The molecule has 0 spiro atoms. The van der Waals surface area contributed by atoms with Crippen LogP contribution in [0.5, 0.6) is 0 Å². The van der Waals surface area contributed by atoms with E-state index in [2.05, 4.69) is 91.8 Å². The van der Waals surface area contributed by atoms with E-state index in [-0.39, 0.29) is 0 Å². The number of benzene rings is 2. The predicted octanol–water partition coefficient (Wildman–Crippen LogP) is 20.9. The minimum atomic E-state index is 0.980. The Morgan fingerprint density at radius 3 is 1.14 bits per heavy atom. The molecule has 0 saturated heterocycles. The summed E-state index contributed by atoms with van der Waals surface area (Å²) < 4.78 is 1.68. The summed E-state index contributed by atoms with van der Waals surface area (Å²) in [7, 11) is 0. The zero-order chi connectivity index (χ0) is 46.9. The average Bonchev–Trinajstić information content (AvgIpc) is 3.58. The van der Waals surface area contributed by atoms with Crippen molar-refractivity contribution in [3.05, 3.63) is 97.6 Å². The topological polar surface area (TPSA) is 25.3 Å². The van der Waals surface area contributed by atoms with E-state index in [9.17, 15) is 5.53 Å². The highest BCUT2D eigenvalue weighted by atomic mass is 15.2. The molecular weight excluding hydrogens is 785 g/mol. The van der Waals surface area contributed by atoms with Crippen LogP contribution in [-0.4, -0.2) is 4.70 Å². The summed E-state index contributed by atoms with van der Waals surface area (Å²) in [6.45, 7) is 18.6. The number of hydrogen-bond acceptors (Lipinski definition) is 0. The standard InChI is InChI=1S/C63H104N2/c1-9-17-22-23-24-25-26-27-28-29-30-31-32-33-34-35-36-37-38-39-47-61-60(46-21-13-5)62(56-48-52(40-14-6)58(42-16-8)53(49-56)41-15-7)65(64)63(61)57-50-54(43-18-10-2)59(45-20-12-4)55(51-57)44-19-11-3/h39,47-51H,9-38,40-46H2,1-8H3. The zero-order valence-electron chi connectivity index (χ0n) is 44.5. The van der Waals surface area contributed by atoms with Crippen LogP contribution in [0.25, 0.3) is 16.9 Å². The van der Waals surface area contributed by atoms with Crippen molar-refractivity contribution in [2.45, 2.75) is 293 Å². The normalized spacial score (nSPS) is 13.2. The molecular formula is C63H104N2. The van der Waals surface area contributed by atoms with E-state index < -0.39 is 0 Å². The smallest absolute Gasteiger partial charge is 0.215 e. The maximum absolute atomic E-state index is 12.9. The van der Waals surface area contributed by atoms with Gasteiger partial charge in [-0.2, -0.15) is 0 Å². The van der Waals surface area contributed by atoms with Gasteiger partial charge >= 0.3 is 0 Å². The van der Waals surface area contributed by atoms with Crippen LogP contribution in [0, 0.1) is 0 Å². The quantitative estimate of drug-likeness (QED) is 0.0471. The lowest BCUT2D eigenvalue weighted by Gasteiger charge is -2.19. The molecule has 1 aliphatic heterocycles. The number of rotatable bonds is 40. The average molecular weight is 890 g/mol.